The third kappa shape index (κ3) is 5.58. The Morgan fingerprint density at radius 1 is 1.33 bits per heavy atom. The van der Waals surface area contributed by atoms with Gasteiger partial charge in [-0.25, -0.2) is 0 Å². The van der Waals surface area contributed by atoms with Crippen molar-refractivity contribution in [3.05, 3.63) is 29.3 Å². The van der Waals surface area contributed by atoms with Gasteiger partial charge in [0.15, 0.2) is 5.78 Å². The normalized spacial score (nSPS) is 15.1. The predicted molar refractivity (Wildman–Crippen MR) is 84.2 cm³/mol. The van der Waals surface area contributed by atoms with Gasteiger partial charge in [0.2, 0.25) is 0 Å². The first-order valence-electron chi connectivity index (χ1n) is 7.46. The van der Waals surface area contributed by atoms with Crippen molar-refractivity contribution in [3.8, 4) is 5.75 Å². The number of carboxylic acids is 1. The number of fused-ring (bicyclic) bond motifs is 1. The molecule has 118 valence electrons. The van der Waals surface area contributed by atoms with Crippen molar-refractivity contribution in [3.63, 3.8) is 0 Å². The Morgan fingerprint density at radius 3 is 2.38 bits per heavy atom. The molecule has 0 fully saturated rings. The Bertz CT molecular complexity index is 466. The number of benzene rings is 1. The molecular weight excluding hydrogens is 268 g/mol. The number of hydrogen-bond acceptors (Lipinski definition) is 3. The first-order valence-corrected chi connectivity index (χ1v) is 7.46. The first kappa shape index (κ1) is 19.2. The van der Waals surface area contributed by atoms with Crippen LogP contribution in [0, 0.1) is 0 Å². The number of ether oxygens (including phenoxy) is 1. The van der Waals surface area contributed by atoms with E-state index in [1.807, 2.05) is 13.8 Å². The van der Waals surface area contributed by atoms with E-state index in [0.717, 1.165) is 5.56 Å². The van der Waals surface area contributed by atoms with E-state index >= 15 is 0 Å². The molecule has 1 unspecified atom stereocenters. The lowest BCUT2D eigenvalue weighted by atomic mass is 9.98. The number of carbonyl (C=O) groups excluding carboxylic acids is 1. The van der Waals surface area contributed by atoms with Gasteiger partial charge in [0.05, 0.1) is 13.5 Å². The van der Waals surface area contributed by atoms with Crippen molar-refractivity contribution in [1.82, 2.24) is 0 Å². The molecule has 0 saturated carbocycles. The topological polar surface area (TPSA) is 63.6 Å². The summed E-state index contributed by atoms with van der Waals surface area (Å²) < 4.78 is 5.04. The molecule has 0 radical (unpaired) electrons. The summed E-state index contributed by atoms with van der Waals surface area (Å²) in [5, 5.41) is 8.75. The Balaban J connectivity index is 0.000000713. The predicted octanol–water partition coefficient (Wildman–Crippen LogP) is 4.28. The van der Waals surface area contributed by atoms with Crippen molar-refractivity contribution in [2.75, 3.05) is 7.11 Å². The SMILES string of the molecule is CC.CCC.COc1ccc2c(c1)C(=O)CC2CC(=O)O. The summed E-state index contributed by atoms with van der Waals surface area (Å²) in [6, 6.07) is 5.22. The number of aliphatic carboxylic acids is 1. The molecule has 1 aliphatic rings. The number of hydrogen-bond donors (Lipinski definition) is 1. The fourth-order valence-electron chi connectivity index (χ4n) is 2.10. The molecule has 0 saturated heterocycles. The van der Waals surface area contributed by atoms with E-state index in [0.29, 0.717) is 11.3 Å². The van der Waals surface area contributed by atoms with Crippen LogP contribution >= 0.6 is 0 Å². The molecule has 2 rings (SSSR count). The van der Waals surface area contributed by atoms with Crippen LogP contribution < -0.4 is 4.74 Å². The average Bonchev–Trinajstić information content (AvgIpc) is 2.77. The summed E-state index contributed by atoms with van der Waals surface area (Å²) in [5.41, 5.74) is 1.43. The van der Waals surface area contributed by atoms with Crippen LogP contribution in [0.25, 0.3) is 0 Å². The van der Waals surface area contributed by atoms with E-state index in [1.54, 1.807) is 18.2 Å². The van der Waals surface area contributed by atoms with Crippen molar-refractivity contribution >= 4 is 11.8 Å². The Morgan fingerprint density at radius 2 is 1.90 bits per heavy atom. The molecule has 4 nitrogen and oxygen atoms in total. The standard InChI is InChI=1S/C12H12O4.C3H8.C2H6/c1-16-8-2-3-9-7(5-12(14)15)4-11(13)10(9)6-8;1-3-2;1-2/h2-3,6-7H,4-5H2,1H3,(H,14,15);3H2,1-2H3;1-2H3. The fourth-order valence-corrected chi connectivity index (χ4v) is 2.10. The monoisotopic (exact) mass is 294 g/mol. The molecule has 21 heavy (non-hydrogen) atoms. The van der Waals surface area contributed by atoms with Gasteiger partial charge in [-0.1, -0.05) is 40.2 Å². The van der Waals surface area contributed by atoms with E-state index < -0.39 is 5.97 Å². The van der Waals surface area contributed by atoms with Crippen LogP contribution in [0.1, 0.15) is 68.8 Å². The van der Waals surface area contributed by atoms with Gasteiger partial charge in [-0.3, -0.25) is 9.59 Å². The van der Waals surface area contributed by atoms with E-state index in [4.69, 9.17) is 9.84 Å². The molecule has 0 aliphatic heterocycles. The molecule has 0 spiro atoms. The molecule has 0 amide bonds. The summed E-state index contributed by atoms with van der Waals surface area (Å²) in [4.78, 5) is 22.3. The number of ketones is 1. The highest BCUT2D eigenvalue weighted by Gasteiger charge is 2.30. The van der Waals surface area contributed by atoms with Crippen molar-refractivity contribution < 1.29 is 19.4 Å². The highest BCUT2D eigenvalue weighted by atomic mass is 16.5. The maximum atomic E-state index is 11.7. The molecule has 1 N–H and O–H groups in total. The molecule has 0 aromatic heterocycles. The Labute approximate surface area is 127 Å². The number of carbonyl (C=O) groups is 2. The lowest BCUT2D eigenvalue weighted by Crippen LogP contribution is -2.03. The van der Waals surface area contributed by atoms with Crippen LogP contribution in [-0.2, 0) is 4.79 Å². The molecule has 4 heteroatoms. The third-order valence-electron chi connectivity index (χ3n) is 2.85. The van der Waals surface area contributed by atoms with Gasteiger partial charge in [-0.2, -0.15) is 0 Å². The van der Waals surface area contributed by atoms with Gasteiger partial charge in [-0.05, 0) is 17.7 Å². The summed E-state index contributed by atoms with van der Waals surface area (Å²) >= 11 is 0. The minimum Gasteiger partial charge on any atom is -0.497 e. The van der Waals surface area contributed by atoms with Crippen LogP contribution in [0.4, 0.5) is 0 Å². The molecule has 1 atom stereocenters. The summed E-state index contributed by atoms with van der Waals surface area (Å²) in [5.74, 6) is -0.435. The maximum Gasteiger partial charge on any atom is 0.303 e. The zero-order valence-corrected chi connectivity index (χ0v) is 13.6. The van der Waals surface area contributed by atoms with Crippen LogP contribution in [-0.4, -0.2) is 24.0 Å². The highest BCUT2D eigenvalue weighted by molar-refractivity contribution is 6.02. The van der Waals surface area contributed by atoms with Crippen molar-refractivity contribution in [1.29, 1.82) is 0 Å². The van der Waals surface area contributed by atoms with Crippen LogP contribution in [0.3, 0.4) is 0 Å². The summed E-state index contributed by atoms with van der Waals surface area (Å²) in [6.45, 7) is 8.25. The van der Waals surface area contributed by atoms with Gasteiger partial charge < -0.3 is 9.84 Å². The second-order valence-corrected chi connectivity index (χ2v) is 4.58. The molecule has 1 aliphatic carbocycles. The fraction of sp³-hybridized carbons (Fsp3) is 0.529. The number of methoxy groups -OCH3 is 1. The van der Waals surface area contributed by atoms with Gasteiger partial charge in [0.1, 0.15) is 5.75 Å². The van der Waals surface area contributed by atoms with Crippen LogP contribution in [0.5, 0.6) is 5.75 Å². The zero-order valence-electron chi connectivity index (χ0n) is 13.6. The quantitative estimate of drug-likeness (QED) is 0.903. The van der Waals surface area contributed by atoms with Crippen LogP contribution in [0.15, 0.2) is 18.2 Å². The lowest BCUT2D eigenvalue weighted by Gasteiger charge is -2.07. The van der Waals surface area contributed by atoms with E-state index in [-0.39, 0.29) is 24.5 Å². The molecule has 1 aromatic carbocycles. The average molecular weight is 294 g/mol. The molecule has 1 aromatic rings. The molecular formula is C17H26O4. The van der Waals surface area contributed by atoms with Gasteiger partial charge in [0.25, 0.3) is 0 Å². The van der Waals surface area contributed by atoms with Crippen LogP contribution in [0.2, 0.25) is 0 Å². The molecule has 0 heterocycles. The minimum atomic E-state index is -0.874. The smallest absolute Gasteiger partial charge is 0.303 e. The maximum absolute atomic E-state index is 11.7. The zero-order chi connectivity index (χ0) is 16.4. The molecule has 0 bridgehead atoms. The number of Topliss-reactive ketones (excluding diaryl/α,β-unsaturated/α-hetero) is 1. The number of rotatable bonds is 3. The minimum absolute atomic E-state index is 0.000139. The van der Waals surface area contributed by atoms with Gasteiger partial charge in [-0.15, -0.1) is 0 Å². The lowest BCUT2D eigenvalue weighted by molar-refractivity contribution is -0.137. The summed E-state index contributed by atoms with van der Waals surface area (Å²) in [7, 11) is 1.54. The van der Waals surface area contributed by atoms with E-state index in [9.17, 15) is 9.59 Å². The largest absolute Gasteiger partial charge is 0.497 e. The first-order chi connectivity index (χ1) is 10.0. The number of carboxylic acid groups (broad SMARTS) is 1. The Hall–Kier alpha value is -1.84. The summed E-state index contributed by atoms with van der Waals surface area (Å²) in [6.07, 6.45) is 1.54. The van der Waals surface area contributed by atoms with Crippen molar-refractivity contribution in [2.45, 2.75) is 52.9 Å². The Kier molecular flexibility index (Phi) is 9.10. The van der Waals surface area contributed by atoms with Crippen molar-refractivity contribution in [2.24, 2.45) is 0 Å². The highest BCUT2D eigenvalue weighted by Crippen LogP contribution is 2.37. The van der Waals surface area contributed by atoms with Gasteiger partial charge >= 0.3 is 5.97 Å². The third-order valence-corrected chi connectivity index (χ3v) is 2.85. The second kappa shape index (κ2) is 9.97. The van der Waals surface area contributed by atoms with Gasteiger partial charge in [0, 0.05) is 17.9 Å². The van der Waals surface area contributed by atoms with E-state index in [2.05, 4.69) is 13.8 Å². The van der Waals surface area contributed by atoms with E-state index in [1.165, 1.54) is 13.5 Å². The second-order valence-electron chi connectivity index (χ2n) is 4.58.